The Hall–Kier alpha value is -4.01. The number of carbonyl (C=O) groups excluding carboxylic acids is 3. The first-order chi connectivity index (χ1) is 25.2. The van der Waals surface area contributed by atoms with Crippen molar-refractivity contribution in [3.05, 3.63) is 92.8 Å². The molecule has 0 bridgehead atoms. The van der Waals surface area contributed by atoms with Crippen LogP contribution < -0.4 is 5.32 Å². The van der Waals surface area contributed by atoms with E-state index in [2.05, 4.69) is 47.1 Å². The summed E-state index contributed by atoms with van der Waals surface area (Å²) in [5, 5.41) is 8.17. The molecule has 14 heteroatoms. The summed E-state index contributed by atoms with van der Waals surface area (Å²) >= 11 is 7.54. The quantitative estimate of drug-likeness (QED) is 0.0424. The minimum atomic E-state index is -1.33. The Morgan fingerprint density at radius 2 is 1.85 bits per heavy atom. The summed E-state index contributed by atoms with van der Waals surface area (Å²) in [6.45, 7) is 16.3. The summed E-state index contributed by atoms with van der Waals surface area (Å²) < 4.78 is 15.6. The van der Waals surface area contributed by atoms with Gasteiger partial charge < -0.3 is 14.8 Å². The van der Waals surface area contributed by atoms with Crippen molar-refractivity contribution in [1.29, 1.82) is 0 Å². The van der Waals surface area contributed by atoms with Gasteiger partial charge in [0.15, 0.2) is 0 Å². The van der Waals surface area contributed by atoms with Crippen molar-refractivity contribution in [2.75, 3.05) is 26.4 Å². The summed E-state index contributed by atoms with van der Waals surface area (Å²) in [6.07, 6.45) is 11.9. The average Bonchev–Trinajstić information content (AvgIpc) is 3.82. The van der Waals surface area contributed by atoms with Crippen LogP contribution in [0.1, 0.15) is 66.5 Å². The van der Waals surface area contributed by atoms with Crippen LogP contribution in [0.3, 0.4) is 0 Å². The van der Waals surface area contributed by atoms with Gasteiger partial charge in [-0.15, -0.1) is 11.3 Å². The standard InChI is InChI=1S/C39H51ClN6O5SSi/c1-39(2,3)51-38(49)46-33(21-30-20-29(10-14-35(30)46)23-43-16-8-7-9-17-43)12-11-32(25-44(27-47)28-50-18-19-53(4,5)6)42-37(48)31-22-41-45(24-31)26-34-13-15-36(40)52-34/h10-15,20-22,24-25,27H,7-9,16-19,23,26,28H2,1-6H3,(H,42,48)/b12-11+,32-25+. The molecular weight excluding hydrogens is 728 g/mol. The molecule has 0 unspecified atom stereocenters. The van der Waals surface area contributed by atoms with Crippen LogP contribution >= 0.6 is 22.9 Å². The predicted molar refractivity (Wildman–Crippen MR) is 215 cm³/mol. The summed E-state index contributed by atoms with van der Waals surface area (Å²) in [4.78, 5) is 44.2. The largest absolute Gasteiger partial charge is 0.443 e. The van der Waals surface area contributed by atoms with Crippen LogP contribution in [0.25, 0.3) is 17.0 Å². The molecule has 0 aliphatic carbocycles. The van der Waals surface area contributed by atoms with Crippen molar-refractivity contribution in [2.45, 2.75) is 84.4 Å². The number of benzene rings is 1. The molecule has 0 spiro atoms. The SMILES string of the molecule is CC(C)(C)OC(=O)n1c(/C=C/C(=C\N(C=O)COCC[Si](C)(C)C)NC(=O)c2cnn(Cc3ccc(Cl)s3)c2)cc2cc(CN3CCCCC3)ccc21. The van der Waals surface area contributed by atoms with Crippen molar-refractivity contribution in [3.63, 3.8) is 0 Å². The molecule has 1 fully saturated rings. The summed E-state index contributed by atoms with van der Waals surface area (Å²) in [7, 11) is -1.33. The van der Waals surface area contributed by atoms with E-state index >= 15 is 0 Å². The Bertz CT molecular complexity index is 1950. The number of rotatable bonds is 15. The second-order valence-corrected chi connectivity index (χ2v) is 23.0. The number of nitrogens with zero attached hydrogens (tertiary/aromatic N) is 5. The fourth-order valence-corrected chi connectivity index (χ4v) is 7.71. The molecule has 2 amide bonds. The van der Waals surface area contributed by atoms with E-state index in [9.17, 15) is 14.4 Å². The first-order valence-corrected chi connectivity index (χ1v) is 22.9. The van der Waals surface area contributed by atoms with Crippen LogP contribution in [0.15, 0.2) is 66.8 Å². The third-order valence-corrected chi connectivity index (χ3v) is 11.5. The molecule has 0 saturated carbocycles. The Morgan fingerprint density at radius 3 is 2.53 bits per heavy atom. The molecule has 1 aromatic carbocycles. The maximum Gasteiger partial charge on any atom is 0.419 e. The van der Waals surface area contributed by atoms with E-state index in [0.29, 0.717) is 46.4 Å². The fourth-order valence-electron chi connectivity index (χ4n) is 5.88. The van der Waals surface area contributed by atoms with Crippen LogP contribution in [0, 0.1) is 0 Å². The lowest BCUT2D eigenvalue weighted by Gasteiger charge is -2.26. The van der Waals surface area contributed by atoms with Gasteiger partial charge in [0.05, 0.1) is 39.5 Å². The highest BCUT2D eigenvalue weighted by atomic mass is 35.5. The second kappa shape index (κ2) is 17.9. The van der Waals surface area contributed by atoms with Gasteiger partial charge in [-0.05, 0) is 101 Å². The normalized spacial score (nSPS) is 14.6. The zero-order chi connectivity index (χ0) is 38.2. The number of amides is 2. The molecule has 4 aromatic rings. The van der Waals surface area contributed by atoms with Crippen molar-refractivity contribution >= 4 is 66.4 Å². The number of nitrogens with one attached hydrogen (secondary N) is 1. The number of fused-ring (bicyclic) bond motifs is 1. The number of thiophene rings is 1. The van der Waals surface area contributed by atoms with Crippen LogP contribution in [0.4, 0.5) is 4.79 Å². The van der Waals surface area contributed by atoms with E-state index in [4.69, 9.17) is 21.1 Å². The minimum Gasteiger partial charge on any atom is -0.443 e. The molecule has 1 aliphatic heterocycles. The number of carbonyl (C=O) groups is 3. The topological polar surface area (TPSA) is 111 Å². The molecular formula is C39H51ClN6O5SSi. The lowest BCUT2D eigenvalue weighted by atomic mass is 10.1. The van der Waals surface area contributed by atoms with E-state index in [1.54, 1.807) is 27.6 Å². The number of allylic oxidation sites excluding steroid dienone is 1. The van der Waals surface area contributed by atoms with E-state index in [1.165, 1.54) is 53.5 Å². The van der Waals surface area contributed by atoms with E-state index in [-0.39, 0.29) is 6.73 Å². The summed E-state index contributed by atoms with van der Waals surface area (Å²) in [5.41, 5.74) is 2.35. The maximum absolute atomic E-state index is 13.7. The van der Waals surface area contributed by atoms with Gasteiger partial charge in [-0.2, -0.15) is 5.10 Å². The van der Waals surface area contributed by atoms with Crippen molar-refractivity contribution in [1.82, 2.24) is 29.5 Å². The number of ether oxygens (including phenoxy) is 2. The van der Waals surface area contributed by atoms with Crippen molar-refractivity contribution in [2.24, 2.45) is 0 Å². The molecule has 1 aliphatic rings. The Kier molecular flexibility index (Phi) is 13.6. The van der Waals surface area contributed by atoms with Crippen molar-refractivity contribution in [3.8, 4) is 0 Å². The summed E-state index contributed by atoms with van der Waals surface area (Å²) in [6, 6.07) is 12.8. The van der Waals surface area contributed by atoms with Gasteiger partial charge in [0.1, 0.15) is 12.3 Å². The molecule has 1 saturated heterocycles. The number of halogens is 1. The zero-order valence-electron chi connectivity index (χ0n) is 31.6. The minimum absolute atomic E-state index is 0.0143. The highest BCUT2D eigenvalue weighted by Gasteiger charge is 2.22. The van der Waals surface area contributed by atoms with E-state index in [0.717, 1.165) is 35.9 Å². The Morgan fingerprint density at radius 1 is 1.08 bits per heavy atom. The molecule has 284 valence electrons. The Labute approximate surface area is 322 Å². The molecule has 3 aromatic heterocycles. The van der Waals surface area contributed by atoms with Gasteiger partial charge in [-0.1, -0.05) is 43.7 Å². The van der Waals surface area contributed by atoms with Gasteiger partial charge in [0.2, 0.25) is 6.41 Å². The number of aromatic nitrogens is 3. The second-order valence-electron chi connectivity index (χ2n) is 15.6. The summed E-state index contributed by atoms with van der Waals surface area (Å²) in [5.74, 6) is -0.420. The smallest absolute Gasteiger partial charge is 0.419 e. The Balaban J connectivity index is 1.45. The maximum atomic E-state index is 13.7. The molecule has 4 heterocycles. The highest BCUT2D eigenvalue weighted by Crippen LogP contribution is 2.26. The third-order valence-electron chi connectivity index (χ3n) is 8.54. The molecule has 1 N–H and O–H groups in total. The van der Waals surface area contributed by atoms with Gasteiger partial charge in [0.25, 0.3) is 5.91 Å². The van der Waals surface area contributed by atoms with Crippen LogP contribution in [0.2, 0.25) is 30.0 Å². The zero-order valence-corrected chi connectivity index (χ0v) is 34.1. The number of piperidine rings is 1. The molecule has 5 rings (SSSR count). The number of likely N-dealkylation sites (tertiary alicyclic amines) is 1. The molecule has 11 nitrogen and oxygen atoms in total. The predicted octanol–water partition coefficient (Wildman–Crippen LogP) is 8.43. The van der Waals surface area contributed by atoms with Gasteiger partial charge in [-0.3, -0.25) is 24.1 Å². The van der Waals surface area contributed by atoms with Gasteiger partial charge in [0, 0.05) is 43.9 Å². The molecule has 0 radical (unpaired) electrons. The highest BCUT2D eigenvalue weighted by molar-refractivity contribution is 7.16. The first-order valence-electron chi connectivity index (χ1n) is 18.0. The van der Waals surface area contributed by atoms with Gasteiger partial charge in [-0.25, -0.2) is 9.36 Å². The lowest BCUT2D eigenvalue weighted by molar-refractivity contribution is -0.119. The average molecular weight is 779 g/mol. The lowest BCUT2D eigenvalue weighted by Crippen LogP contribution is -2.29. The van der Waals surface area contributed by atoms with Gasteiger partial charge >= 0.3 is 6.09 Å². The van der Waals surface area contributed by atoms with Crippen LogP contribution in [0.5, 0.6) is 0 Å². The van der Waals surface area contributed by atoms with Crippen molar-refractivity contribution < 1.29 is 23.9 Å². The fraction of sp³-hybridized carbons (Fsp3) is 0.436. The van der Waals surface area contributed by atoms with Crippen LogP contribution in [-0.2, 0) is 27.4 Å². The number of hydrogen-bond acceptors (Lipinski definition) is 8. The van der Waals surface area contributed by atoms with E-state index in [1.807, 2.05) is 45.0 Å². The molecule has 0 atom stereocenters. The van der Waals surface area contributed by atoms with E-state index < -0.39 is 25.7 Å². The van der Waals surface area contributed by atoms with Crippen LogP contribution in [-0.4, -0.2) is 82.7 Å². The third kappa shape index (κ3) is 12.3. The monoisotopic (exact) mass is 778 g/mol. The first kappa shape index (κ1) is 40.2. The number of hydrogen-bond donors (Lipinski definition) is 1. The molecule has 53 heavy (non-hydrogen) atoms.